The summed E-state index contributed by atoms with van der Waals surface area (Å²) in [6.45, 7) is 0.564. The molecule has 1 N–H and O–H groups in total. The van der Waals surface area contributed by atoms with Crippen molar-refractivity contribution in [2.75, 3.05) is 6.61 Å². The number of hydrogen-bond donors (Lipinski definition) is 1. The summed E-state index contributed by atoms with van der Waals surface area (Å²) in [5, 5.41) is 9.03. The fraction of sp³-hybridized carbons (Fsp3) is 0.500. The lowest BCUT2D eigenvalue weighted by Crippen LogP contribution is -2.00. The van der Waals surface area contributed by atoms with E-state index in [-0.39, 0.29) is 5.92 Å². The van der Waals surface area contributed by atoms with Crippen LogP contribution in [0, 0.1) is 0 Å². The first kappa shape index (κ1) is 6.88. The SMILES string of the molecule is OC1C[C@H](c2ccco2)CO1. The van der Waals surface area contributed by atoms with E-state index in [1.54, 1.807) is 6.26 Å². The van der Waals surface area contributed by atoms with Crippen LogP contribution in [0.5, 0.6) is 0 Å². The zero-order valence-electron chi connectivity index (χ0n) is 6.06. The highest BCUT2D eigenvalue weighted by atomic mass is 16.6. The van der Waals surface area contributed by atoms with Gasteiger partial charge in [0.25, 0.3) is 0 Å². The molecule has 1 aromatic rings. The molecular formula is C8H10O3. The fourth-order valence-electron chi connectivity index (χ4n) is 1.33. The Bertz CT molecular complexity index is 217. The third-order valence-corrected chi connectivity index (χ3v) is 1.92. The van der Waals surface area contributed by atoms with Crippen LogP contribution in [0.25, 0.3) is 0 Å². The molecule has 1 fully saturated rings. The summed E-state index contributed by atoms with van der Waals surface area (Å²) >= 11 is 0. The Morgan fingerprint density at radius 1 is 1.55 bits per heavy atom. The van der Waals surface area contributed by atoms with Crippen LogP contribution in [0.15, 0.2) is 22.8 Å². The van der Waals surface area contributed by atoms with Crippen molar-refractivity contribution in [2.45, 2.75) is 18.6 Å². The van der Waals surface area contributed by atoms with Crippen molar-refractivity contribution in [3.05, 3.63) is 24.2 Å². The minimum atomic E-state index is -0.606. The third-order valence-electron chi connectivity index (χ3n) is 1.92. The molecule has 0 aliphatic carbocycles. The van der Waals surface area contributed by atoms with Gasteiger partial charge in [0.05, 0.1) is 12.9 Å². The van der Waals surface area contributed by atoms with E-state index in [4.69, 9.17) is 14.3 Å². The second kappa shape index (κ2) is 2.68. The second-order valence-corrected chi connectivity index (χ2v) is 2.74. The van der Waals surface area contributed by atoms with Crippen LogP contribution < -0.4 is 0 Å². The highest BCUT2D eigenvalue weighted by molar-refractivity contribution is 5.06. The number of furan rings is 1. The molecule has 60 valence electrons. The van der Waals surface area contributed by atoms with Crippen LogP contribution in [0.2, 0.25) is 0 Å². The van der Waals surface area contributed by atoms with Crippen molar-refractivity contribution in [1.82, 2.24) is 0 Å². The smallest absolute Gasteiger partial charge is 0.155 e. The van der Waals surface area contributed by atoms with Crippen LogP contribution in [0.1, 0.15) is 18.1 Å². The van der Waals surface area contributed by atoms with Crippen LogP contribution in [-0.4, -0.2) is 18.0 Å². The summed E-state index contributed by atoms with van der Waals surface area (Å²) in [5.41, 5.74) is 0. The molecule has 0 amide bonds. The molecule has 0 saturated carbocycles. The molecule has 3 heteroatoms. The molecule has 2 rings (SSSR count). The number of rotatable bonds is 1. The average molecular weight is 154 g/mol. The topological polar surface area (TPSA) is 42.6 Å². The largest absolute Gasteiger partial charge is 0.469 e. The number of ether oxygens (including phenoxy) is 1. The van der Waals surface area contributed by atoms with Crippen molar-refractivity contribution < 1.29 is 14.3 Å². The molecule has 1 unspecified atom stereocenters. The molecule has 11 heavy (non-hydrogen) atoms. The van der Waals surface area contributed by atoms with Gasteiger partial charge in [-0.25, -0.2) is 0 Å². The average Bonchev–Trinajstić information content (AvgIpc) is 2.55. The van der Waals surface area contributed by atoms with Gasteiger partial charge in [-0.1, -0.05) is 0 Å². The Hall–Kier alpha value is -0.800. The van der Waals surface area contributed by atoms with Crippen molar-refractivity contribution in [3.63, 3.8) is 0 Å². The van der Waals surface area contributed by atoms with Gasteiger partial charge >= 0.3 is 0 Å². The number of hydrogen-bond acceptors (Lipinski definition) is 3. The Labute approximate surface area is 64.6 Å². The molecule has 0 spiro atoms. The molecule has 0 radical (unpaired) electrons. The first-order chi connectivity index (χ1) is 5.36. The molecule has 0 bridgehead atoms. The lowest BCUT2D eigenvalue weighted by atomic mass is 10.1. The minimum Gasteiger partial charge on any atom is -0.469 e. The van der Waals surface area contributed by atoms with Crippen LogP contribution >= 0.6 is 0 Å². The quantitative estimate of drug-likeness (QED) is 0.658. The number of aliphatic hydroxyl groups is 1. The first-order valence-electron chi connectivity index (χ1n) is 3.69. The maximum Gasteiger partial charge on any atom is 0.155 e. The third kappa shape index (κ3) is 1.29. The summed E-state index contributed by atoms with van der Waals surface area (Å²) in [5.74, 6) is 1.14. The van der Waals surface area contributed by atoms with Crippen molar-refractivity contribution in [2.24, 2.45) is 0 Å². The summed E-state index contributed by atoms with van der Waals surface area (Å²) in [6.07, 6.45) is 1.68. The zero-order chi connectivity index (χ0) is 7.68. The van der Waals surface area contributed by atoms with E-state index < -0.39 is 6.29 Å². The molecule has 0 aromatic carbocycles. The summed E-state index contributed by atoms with van der Waals surface area (Å²) in [4.78, 5) is 0. The molecule has 1 saturated heterocycles. The summed E-state index contributed by atoms with van der Waals surface area (Å²) < 4.78 is 10.2. The van der Waals surface area contributed by atoms with E-state index >= 15 is 0 Å². The predicted molar refractivity (Wildman–Crippen MR) is 38.0 cm³/mol. The minimum absolute atomic E-state index is 0.236. The normalized spacial score (nSPS) is 31.0. The highest BCUT2D eigenvalue weighted by Crippen LogP contribution is 2.28. The Morgan fingerprint density at radius 3 is 3.00 bits per heavy atom. The van der Waals surface area contributed by atoms with Crippen LogP contribution in [0.3, 0.4) is 0 Å². The second-order valence-electron chi connectivity index (χ2n) is 2.74. The molecule has 3 nitrogen and oxygen atoms in total. The van der Waals surface area contributed by atoms with Gasteiger partial charge < -0.3 is 14.3 Å². The van der Waals surface area contributed by atoms with E-state index in [0.29, 0.717) is 13.0 Å². The van der Waals surface area contributed by atoms with Gasteiger partial charge in [-0.2, -0.15) is 0 Å². The molecule has 2 heterocycles. The molecule has 1 aliphatic rings. The van der Waals surface area contributed by atoms with Gasteiger partial charge in [0.15, 0.2) is 6.29 Å². The predicted octanol–water partition coefficient (Wildman–Crippen LogP) is 1.10. The van der Waals surface area contributed by atoms with Gasteiger partial charge in [-0.05, 0) is 12.1 Å². The number of aliphatic hydroxyl groups excluding tert-OH is 1. The van der Waals surface area contributed by atoms with Gasteiger partial charge in [-0.15, -0.1) is 0 Å². The van der Waals surface area contributed by atoms with Gasteiger partial charge in [0.1, 0.15) is 5.76 Å². The Balaban J connectivity index is 2.08. The van der Waals surface area contributed by atoms with E-state index in [2.05, 4.69) is 0 Å². The van der Waals surface area contributed by atoms with E-state index in [1.165, 1.54) is 0 Å². The maximum atomic E-state index is 9.03. The molecule has 2 atom stereocenters. The van der Waals surface area contributed by atoms with Crippen molar-refractivity contribution in [1.29, 1.82) is 0 Å². The van der Waals surface area contributed by atoms with Gasteiger partial charge in [0.2, 0.25) is 0 Å². The van der Waals surface area contributed by atoms with E-state index in [9.17, 15) is 0 Å². The lowest BCUT2D eigenvalue weighted by Gasteiger charge is -2.00. The lowest BCUT2D eigenvalue weighted by molar-refractivity contribution is -0.0590. The molecule has 1 aromatic heterocycles. The van der Waals surface area contributed by atoms with Crippen molar-refractivity contribution in [3.8, 4) is 0 Å². The van der Waals surface area contributed by atoms with E-state index in [1.807, 2.05) is 12.1 Å². The Morgan fingerprint density at radius 2 is 2.45 bits per heavy atom. The van der Waals surface area contributed by atoms with E-state index in [0.717, 1.165) is 5.76 Å². The van der Waals surface area contributed by atoms with Crippen molar-refractivity contribution >= 4 is 0 Å². The molecular weight excluding hydrogens is 144 g/mol. The Kier molecular flexibility index (Phi) is 1.68. The first-order valence-corrected chi connectivity index (χ1v) is 3.69. The van der Waals surface area contributed by atoms with Crippen LogP contribution in [0.4, 0.5) is 0 Å². The van der Waals surface area contributed by atoms with Gasteiger partial charge in [0, 0.05) is 12.3 Å². The monoisotopic (exact) mass is 154 g/mol. The summed E-state index contributed by atoms with van der Waals surface area (Å²) in [7, 11) is 0. The standard InChI is InChI=1S/C8H10O3/c9-8-4-6(5-11-8)7-2-1-3-10-7/h1-3,6,8-9H,4-5H2/t6-,8?/m0/s1. The fourth-order valence-corrected chi connectivity index (χ4v) is 1.33. The maximum absolute atomic E-state index is 9.03. The molecule has 1 aliphatic heterocycles. The highest BCUT2D eigenvalue weighted by Gasteiger charge is 2.26. The summed E-state index contributed by atoms with van der Waals surface area (Å²) in [6, 6.07) is 3.76. The van der Waals surface area contributed by atoms with Gasteiger partial charge in [-0.3, -0.25) is 0 Å². The zero-order valence-corrected chi connectivity index (χ0v) is 6.06. The van der Waals surface area contributed by atoms with Crippen LogP contribution in [-0.2, 0) is 4.74 Å².